The van der Waals surface area contributed by atoms with E-state index in [0.29, 0.717) is 19.4 Å². The summed E-state index contributed by atoms with van der Waals surface area (Å²) in [6, 6.07) is -0.527. The van der Waals surface area contributed by atoms with Gasteiger partial charge in [-0.15, -0.1) is 0 Å². The molecular formula is C16H26N2O5S. The van der Waals surface area contributed by atoms with Crippen LogP contribution >= 0.6 is 0 Å². The number of rotatable bonds is 4. The second-order valence-electron chi connectivity index (χ2n) is 7.33. The number of carboxylic acids is 1. The van der Waals surface area contributed by atoms with Crippen molar-refractivity contribution in [1.29, 1.82) is 0 Å². The highest BCUT2D eigenvalue weighted by atomic mass is 32.2. The van der Waals surface area contributed by atoms with Crippen LogP contribution in [0.25, 0.3) is 0 Å². The highest BCUT2D eigenvalue weighted by molar-refractivity contribution is 7.89. The number of likely N-dealkylation sites (tertiary alicyclic amines) is 1. The largest absolute Gasteiger partial charge is 0.481 e. The van der Waals surface area contributed by atoms with Gasteiger partial charge in [0, 0.05) is 31.6 Å². The van der Waals surface area contributed by atoms with E-state index in [1.54, 1.807) is 11.8 Å². The van der Waals surface area contributed by atoms with Gasteiger partial charge in [-0.2, -0.15) is 4.31 Å². The zero-order valence-electron chi connectivity index (χ0n) is 14.1. The van der Waals surface area contributed by atoms with E-state index < -0.39 is 33.2 Å². The third kappa shape index (κ3) is 3.06. The van der Waals surface area contributed by atoms with Crippen LogP contribution in [0.1, 0.15) is 45.4 Å². The average molecular weight is 358 g/mol. The van der Waals surface area contributed by atoms with Gasteiger partial charge in [-0.25, -0.2) is 8.42 Å². The number of aliphatic carboxylic acids is 1. The Morgan fingerprint density at radius 3 is 2.25 bits per heavy atom. The van der Waals surface area contributed by atoms with Gasteiger partial charge in [0.1, 0.15) is 5.25 Å². The fourth-order valence-electron chi connectivity index (χ4n) is 4.23. The number of piperidine rings is 1. The molecule has 0 aromatic rings. The summed E-state index contributed by atoms with van der Waals surface area (Å²) >= 11 is 0. The van der Waals surface area contributed by atoms with Crippen LogP contribution < -0.4 is 0 Å². The van der Waals surface area contributed by atoms with Crippen LogP contribution in [-0.2, 0) is 19.6 Å². The molecular weight excluding hydrogens is 332 g/mol. The van der Waals surface area contributed by atoms with E-state index in [2.05, 4.69) is 0 Å². The van der Waals surface area contributed by atoms with E-state index in [1.165, 1.54) is 4.31 Å². The van der Waals surface area contributed by atoms with E-state index >= 15 is 0 Å². The fourth-order valence-corrected chi connectivity index (χ4v) is 6.34. The minimum Gasteiger partial charge on any atom is -0.481 e. The second-order valence-corrected chi connectivity index (χ2v) is 9.50. The van der Waals surface area contributed by atoms with Crippen LogP contribution in [0, 0.1) is 11.8 Å². The molecule has 1 aliphatic carbocycles. The third-order valence-electron chi connectivity index (χ3n) is 5.86. The highest BCUT2D eigenvalue weighted by Gasteiger charge is 2.47. The quantitative estimate of drug-likeness (QED) is 0.806. The Kier molecular flexibility index (Phi) is 4.88. The van der Waals surface area contributed by atoms with Crippen LogP contribution in [0.3, 0.4) is 0 Å². The Hall–Kier alpha value is -1.15. The number of carboxylic acid groups (broad SMARTS) is 1. The van der Waals surface area contributed by atoms with Crippen molar-refractivity contribution in [2.24, 2.45) is 11.8 Å². The smallest absolute Gasteiger partial charge is 0.308 e. The van der Waals surface area contributed by atoms with Crippen molar-refractivity contribution in [2.75, 3.05) is 19.6 Å². The molecule has 0 aromatic carbocycles. The molecule has 2 heterocycles. The number of amides is 1. The Balaban J connectivity index is 1.62. The first-order chi connectivity index (χ1) is 11.3. The van der Waals surface area contributed by atoms with Crippen molar-refractivity contribution in [3.05, 3.63) is 0 Å². The van der Waals surface area contributed by atoms with Crippen molar-refractivity contribution < 1.29 is 23.1 Å². The fraction of sp³-hybridized carbons (Fsp3) is 0.875. The first kappa shape index (κ1) is 17.7. The second kappa shape index (κ2) is 6.63. The summed E-state index contributed by atoms with van der Waals surface area (Å²) in [7, 11) is -3.55. The minimum absolute atomic E-state index is 0.0685. The Bertz CT molecular complexity index is 608. The first-order valence-electron chi connectivity index (χ1n) is 8.84. The average Bonchev–Trinajstić information content (AvgIpc) is 2.99. The predicted molar refractivity (Wildman–Crippen MR) is 87.8 cm³/mol. The highest BCUT2D eigenvalue weighted by Crippen LogP contribution is 2.32. The summed E-state index contributed by atoms with van der Waals surface area (Å²) < 4.78 is 27.0. The van der Waals surface area contributed by atoms with Gasteiger partial charge in [-0.05, 0) is 32.6 Å². The SMILES string of the molecule is C[C@@H]1[C@H](C(=O)O)CCCN1S(=O)(=O)C1CN(C(=O)C2CCCC2)C1. The Labute approximate surface area is 143 Å². The Morgan fingerprint density at radius 1 is 1.04 bits per heavy atom. The first-order valence-corrected chi connectivity index (χ1v) is 10.3. The number of sulfonamides is 1. The van der Waals surface area contributed by atoms with Crippen LogP contribution in [-0.4, -0.2) is 65.5 Å². The molecule has 0 bridgehead atoms. The molecule has 3 aliphatic rings. The predicted octanol–water partition coefficient (Wildman–Crippen LogP) is 0.902. The standard InChI is InChI=1S/C16H26N2O5S/c1-11-14(16(20)21)7-4-8-18(11)24(22,23)13-9-17(10-13)15(19)12-5-2-3-6-12/h11-14H,2-10H2,1H3,(H,20,21)/t11-,14-/m1/s1. The lowest BCUT2D eigenvalue weighted by Gasteiger charge is -2.45. The molecule has 136 valence electrons. The molecule has 2 aliphatic heterocycles. The number of carbonyl (C=O) groups is 2. The van der Waals surface area contributed by atoms with Gasteiger partial charge in [-0.1, -0.05) is 12.8 Å². The van der Waals surface area contributed by atoms with E-state index in [1.807, 2.05) is 0 Å². The monoisotopic (exact) mass is 358 g/mol. The lowest BCUT2D eigenvalue weighted by Crippen LogP contribution is -2.63. The number of hydrogen-bond acceptors (Lipinski definition) is 4. The van der Waals surface area contributed by atoms with E-state index in [4.69, 9.17) is 0 Å². The maximum absolute atomic E-state index is 12.8. The van der Waals surface area contributed by atoms with E-state index in [-0.39, 0.29) is 24.9 Å². The summed E-state index contributed by atoms with van der Waals surface area (Å²) in [6.45, 7) is 2.55. The van der Waals surface area contributed by atoms with Crippen LogP contribution in [0.2, 0.25) is 0 Å². The minimum atomic E-state index is -3.55. The van der Waals surface area contributed by atoms with Crippen molar-refractivity contribution in [3.8, 4) is 0 Å². The Morgan fingerprint density at radius 2 is 1.67 bits per heavy atom. The number of nitrogens with zero attached hydrogens (tertiary/aromatic N) is 2. The molecule has 0 unspecified atom stereocenters. The molecule has 1 amide bonds. The van der Waals surface area contributed by atoms with Crippen molar-refractivity contribution in [1.82, 2.24) is 9.21 Å². The van der Waals surface area contributed by atoms with E-state index in [0.717, 1.165) is 25.7 Å². The van der Waals surface area contributed by atoms with Crippen LogP contribution in [0.15, 0.2) is 0 Å². The normalized spacial score (nSPS) is 30.3. The third-order valence-corrected chi connectivity index (χ3v) is 8.17. The molecule has 1 saturated carbocycles. The molecule has 0 aromatic heterocycles. The summed E-state index contributed by atoms with van der Waals surface area (Å²) in [4.78, 5) is 25.3. The van der Waals surface area contributed by atoms with Crippen molar-refractivity contribution >= 4 is 21.9 Å². The van der Waals surface area contributed by atoms with Crippen LogP contribution in [0.5, 0.6) is 0 Å². The summed E-state index contributed by atoms with van der Waals surface area (Å²) in [5, 5.41) is 8.68. The zero-order chi connectivity index (χ0) is 17.5. The molecule has 2 atom stereocenters. The van der Waals surface area contributed by atoms with Gasteiger partial charge in [0.2, 0.25) is 15.9 Å². The lowest BCUT2D eigenvalue weighted by molar-refractivity contribution is -0.144. The van der Waals surface area contributed by atoms with E-state index in [9.17, 15) is 23.1 Å². The summed E-state index contributed by atoms with van der Waals surface area (Å²) in [5.41, 5.74) is 0. The van der Waals surface area contributed by atoms with Gasteiger partial charge in [0.05, 0.1) is 5.92 Å². The lowest BCUT2D eigenvalue weighted by atomic mass is 9.92. The molecule has 0 spiro atoms. The van der Waals surface area contributed by atoms with Gasteiger partial charge < -0.3 is 10.0 Å². The van der Waals surface area contributed by atoms with Gasteiger partial charge in [-0.3, -0.25) is 9.59 Å². The molecule has 24 heavy (non-hydrogen) atoms. The number of hydrogen-bond donors (Lipinski definition) is 1. The molecule has 3 fully saturated rings. The van der Waals surface area contributed by atoms with Gasteiger partial charge in [0.15, 0.2) is 0 Å². The molecule has 3 rings (SSSR count). The zero-order valence-corrected chi connectivity index (χ0v) is 14.9. The topological polar surface area (TPSA) is 95.0 Å². The van der Waals surface area contributed by atoms with Gasteiger partial charge in [0.25, 0.3) is 0 Å². The summed E-state index contributed by atoms with van der Waals surface area (Å²) in [6.07, 6.45) is 5.06. The molecule has 8 heteroatoms. The number of carbonyl (C=O) groups excluding carboxylic acids is 1. The van der Waals surface area contributed by atoms with Crippen molar-refractivity contribution in [3.63, 3.8) is 0 Å². The van der Waals surface area contributed by atoms with Crippen molar-refractivity contribution in [2.45, 2.75) is 56.7 Å². The summed E-state index contributed by atoms with van der Waals surface area (Å²) in [5.74, 6) is -1.42. The van der Waals surface area contributed by atoms with Gasteiger partial charge >= 0.3 is 5.97 Å². The molecule has 2 saturated heterocycles. The maximum atomic E-state index is 12.8. The molecule has 0 radical (unpaired) electrons. The van der Waals surface area contributed by atoms with Crippen LogP contribution in [0.4, 0.5) is 0 Å². The molecule has 1 N–H and O–H groups in total. The maximum Gasteiger partial charge on any atom is 0.308 e. The molecule has 7 nitrogen and oxygen atoms in total.